The van der Waals surface area contributed by atoms with E-state index >= 15 is 0 Å². The van der Waals surface area contributed by atoms with E-state index in [1.165, 1.54) is 25.7 Å². The van der Waals surface area contributed by atoms with Crippen LogP contribution in [0.5, 0.6) is 0 Å². The van der Waals surface area contributed by atoms with Crippen LogP contribution in [-0.4, -0.2) is 19.1 Å². The van der Waals surface area contributed by atoms with Crippen LogP contribution in [0.1, 0.15) is 39.0 Å². The lowest BCUT2D eigenvalue weighted by Gasteiger charge is -2.20. The van der Waals surface area contributed by atoms with E-state index in [0.717, 1.165) is 0 Å². The number of rotatable bonds is 5. The summed E-state index contributed by atoms with van der Waals surface area (Å²) in [5.74, 6) is 0.913. The second kappa shape index (κ2) is 6.02. The third kappa shape index (κ3) is 3.29. The SMILES string of the molecule is CCOC(=O)C[C@H](CN)C1CCCC1. The molecule has 2 N–H and O–H groups in total. The number of hydrogen-bond donors (Lipinski definition) is 1. The lowest BCUT2D eigenvalue weighted by Crippen LogP contribution is -2.25. The molecule has 1 fully saturated rings. The second-order valence-electron chi connectivity index (χ2n) is 4.05. The normalized spacial score (nSPS) is 19.6. The van der Waals surface area contributed by atoms with Crippen molar-refractivity contribution >= 4 is 5.97 Å². The molecule has 0 aromatic rings. The first-order valence-corrected chi connectivity index (χ1v) is 5.63. The van der Waals surface area contributed by atoms with Crippen molar-refractivity contribution in [2.45, 2.75) is 39.0 Å². The summed E-state index contributed by atoms with van der Waals surface area (Å²) in [4.78, 5) is 11.3. The Kier molecular flexibility index (Phi) is 4.94. The van der Waals surface area contributed by atoms with Gasteiger partial charge < -0.3 is 10.5 Å². The molecular formula is C11H21NO2. The van der Waals surface area contributed by atoms with Gasteiger partial charge >= 0.3 is 5.97 Å². The Balaban J connectivity index is 2.33. The van der Waals surface area contributed by atoms with Gasteiger partial charge in [-0.05, 0) is 25.3 Å². The summed E-state index contributed by atoms with van der Waals surface area (Å²) in [5.41, 5.74) is 5.69. The maximum absolute atomic E-state index is 11.3. The quantitative estimate of drug-likeness (QED) is 0.686. The van der Waals surface area contributed by atoms with E-state index in [0.29, 0.717) is 31.4 Å². The predicted molar refractivity (Wildman–Crippen MR) is 55.8 cm³/mol. The van der Waals surface area contributed by atoms with Gasteiger partial charge in [0.15, 0.2) is 0 Å². The Morgan fingerprint density at radius 1 is 1.50 bits per heavy atom. The third-order valence-electron chi connectivity index (χ3n) is 3.10. The van der Waals surface area contributed by atoms with Gasteiger partial charge in [-0.25, -0.2) is 0 Å². The molecule has 0 bridgehead atoms. The van der Waals surface area contributed by atoms with Gasteiger partial charge in [0.1, 0.15) is 0 Å². The topological polar surface area (TPSA) is 52.3 Å². The van der Waals surface area contributed by atoms with Crippen LogP contribution in [-0.2, 0) is 9.53 Å². The van der Waals surface area contributed by atoms with Crippen LogP contribution in [0.3, 0.4) is 0 Å². The summed E-state index contributed by atoms with van der Waals surface area (Å²) >= 11 is 0. The summed E-state index contributed by atoms with van der Waals surface area (Å²) in [6.45, 7) is 2.93. The first-order valence-electron chi connectivity index (χ1n) is 5.63. The number of ether oxygens (including phenoxy) is 1. The van der Waals surface area contributed by atoms with E-state index in [9.17, 15) is 4.79 Å². The molecule has 14 heavy (non-hydrogen) atoms. The minimum atomic E-state index is -0.0881. The highest BCUT2D eigenvalue weighted by Gasteiger charge is 2.26. The highest BCUT2D eigenvalue weighted by Crippen LogP contribution is 2.32. The molecule has 1 aliphatic rings. The predicted octanol–water partition coefficient (Wildman–Crippen LogP) is 1.70. The molecule has 0 amide bonds. The van der Waals surface area contributed by atoms with Crippen molar-refractivity contribution in [3.05, 3.63) is 0 Å². The Morgan fingerprint density at radius 2 is 2.14 bits per heavy atom. The van der Waals surface area contributed by atoms with Crippen LogP contribution in [0.2, 0.25) is 0 Å². The number of nitrogens with two attached hydrogens (primary N) is 1. The molecule has 0 spiro atoms. The van der Waals surface area contributed by atoms with Gasteiger partial charge in [-0.3, -0.25) is 4.79 Å². The number of hydrogen-bond acceptors (Lipinski definition) is 3. The number of carbonyl (C=O) groups excluding carboxylic acids is 1. The van der Waals surface area contributed by atoms with Gasteiger partial charge in [0.2, 0.25) is 0 Å². The molecule has 1 rings (SSSR count). The van der Waals surface area contributed by atoms with E-state index in [2.05, 4.69) is 0 Å². The van der Waals surface area contributed by atoms with Gasteiger partial charge in [-0.1, -0.05) is 25.7 Å². The summed E-state index contributed by atoms with van der Waals surface area (Å²) in [6.07, 6.45) is 5.57. The molecule has 0 aliphatic heterocycles. The second-order valence-corrected chi connectivity index (χ2v) is 4.05. The fourth-order valence-electron chi connectivity index (χ4n) is 2.31. The maximum Gasteiger partial charge on any atom is 0.306 e. The minimum Gasteiger partial charge on any atom is -0.466 e. The zero-order valence-electron chi connectivity index (χ0n) is 9.00. The van der Waals surface area contributed by atoms with Crippen molar-refractivity contribution in [3.63, 3.8) is 0 Å². The van der Waals surface area contributed by atoms with Crippen LogP contribution in [0.25, 0.3) is 0 Å². The van der Waals surface area contributed by atoms with Gasteiger partial charge in [-0.15, -0.1) is 0 Å². The molecule has 0 saturated heterocycles. The summed E-state index contributed by atoms with van der Waals surface area (Å²) in [5, 5.41) is 0. The maximum atomic E-state index is 11.3. The van der Waals surface area contributed by atoms with Crippen molar-refractivity contribution in [2.75, 3.05) is 13.2 Å². The van der Waals surface area contributed by atoms with Gasteiger partial charge in [-0.2, -0.15) is 0 Å². The standard InChI is InChI=1S/C11H21NO2/c1-2-14-11(13)7-10(8-12)9-5-3-4-6-9/h9-10H,2-8,12H2,1H3/t10-/m1/s1. The number of esters is 1. The molecular weight excluding hydrogens is 178 g/mol. The Hall–Kier alpha value is -0.570. The van der Waals surface area contributed by atoms with Crippen molar-refractivity contribution in [2.24, 2.45) is 17.6 Å². The molecule has 1 saturated carbocycles. The first kappa shape index (κ1) is 11.5. The third-order valence-corrected chi connectivity index (χ3v) is 3.10. The first-order chi connectivity index (χ1) is 6.77. The largest absolute Gasteiger partial charge is 0.466 e. The Bertz CT molecular complexity index is 176. The Morgan fingerprint density at radius 3 is 2.64 bits per heavy atom. The molecule has 0 aromatic carbocycles. The zero-order valence-corrected chi connectivity index (χ0v) is 9.00. The molecule has 3 heteroatoms. The summed E-state index contributed by atoms with van der Waals surface area (Å²) in [7, 11) is 0. The van der Waals surface area contributed by atoms with E-state index in [1.54, 1.807) is 0 Å². The van der Waals surface area contributed by atoms with Crippen molar-refractivity contribution < 1.29 is 9.53 Å². The number of carbonyl (C=O) groups is 1. The molecule has 0 aromatic heterocycles. The zero-order chi connectivity index (χ0) is 10.4. The molecule has 0 unspecified atom stereocenters. The van der Waals surface area contributed by atoms with Crippen LogP contribution in [0.15, 0.2) is 0 Å². The lowest BCUT2D eigenvalue weighted by atomic mass is 9.88. The Labute approximate surface area is 86.0 Å². The van der Waals surface area contributed by atoms with Crippen molar-refractivity contribution in [1.82, 2.24) is 0 Å². The smallest absolute Gasteiger partial charge is 0.306 e. The van der Waals surface area contributed by atoms with Crippen LogP contribution in [0, 0.1) is 11.8 Å². The van der Waals surface area contributed by atoms with Gasteiger partial charge in [0.25, 0.3) is 0 Å². The van der Waals surface area contributed by atoms with Crippen molar-refractivity contribution in [3.8, 4) is 0 Å². The fraction of sp³-hybridized carbons (Fsp3) is 0.909. The van der Waals surface area contributed by atoms with Crippen LogP contribution in [0.4, 0.5) is 0 Å². The van der Waals surface area contributed by atoms with E-state index in [1.807, 2.05) is 6.92 Å². The van der Waals surface area contributed by atoms with Crippen molar-refractivity contribution in [1.29, 1.82) is 0 Å². The monoisotopic (exact) mass is 199 g/mol. The fourth-order valence-corrected chi connectivity index (χ4v) is 2.31. The molecule has 3 nitrogen and oxygen atoms in total. The summed E-state index contributed by atoms with van der Waals surface area (Å²) < 4.78 is 4.94. The average Bonchev–Trinajstić information content (AvgIpc) is 2.67. The highest BCUT2D eigenvalue weighted by atomic mass is 16.5. The van der Waals surface area contributed by atoms with E-state index in [-0.39, 0.29) is 5.97 Å². The summed E-state index contributed by atoms with van der Waals surface area (Å²) in [6, 6.07) is 0. The van der Waals surface area contributed by atoms with Crippen LogP contribution >= 0.6 is 0 Å². The molecule has 82 valence electrons. The average molecular weight is 199 g/mol. The highest BCUT2D eigenvalue weighted by molar-refractivity contribution is 5.69. The van der Waals surface area contributed by atoms with Gasteiger partial charge in [0, 0.05) is 6.42 Å². The molecule has 0 radical (unpaired) electrons. The molecule has 1 aliphatic carbocycles. The van der Waals surface area contributed by atoms with Gasteiger partial charge in [0.05, 0.1) is 6.61 Å². The minimum absolute atomic E-state index is 0.0881. The van der Waals surface area contributed by atoms with E-state index in [4.69, 9.17) is 10.5 Å². The molecule has 0 heterocycles. The van der Waals surface area contributed by atoms with E-state index < -0.39 is 0 Å². The van der Waals surface area contributed by atoms with Crippen LogP contribution < -0.4 is 5.73 Å². The molecule has 1 atom stereocenters. The lowest BCUT2D eigenvalue weighted by molar-refractivity contribution is -0.144.